The smallest absolute Gasteiger partial charge is 0.241 e. The minimum Gasteiger partial charge on any atom is -0.374 e. The number of nitrogens with one attached hydrogen (secondary N) is 1. The first-order chi connectivity index (χ1) is 7.91. The molecule has 17 heavy (non-hydrogen) atoms. The van der Waals surface area contributed by atoms with Crippen LogP contribution in [0.4, 0.5) is 0 Å². The van der Waals surface area contributed by atoms with Crippen LogP contribution in [0.5, 0.6) is 0 Å². The van der Waals surface area contributed by atoms with Crippen molar-refractivity contribution in [3.63, 3.8) is 0 Å². The zero-order valence-corrected chi connectivity index (χ0v) is 11.7. The van der Waals surface area contributed by atoms with Crippen molar-refractivity contribution in [2.75, 3.05) is 19.8 Å². The van der Waals surface area contributed by atoms with Crippen molar-refractivity contribution in [1.82, 2.24) is 10.2 Å². The van der Waals surface area contributed by atoms with Crippen LogP contribution in [-0.2, 0) is 9.53 Å². The van der Waals surface area contributed by atoms with Gasteiger partial charge in [0.15, 0.2) is 0 Å². The molecule has 1 amide bonds. The Morgan fingerprint density at radius 3 is 2.71 bits per heavy atom. The van der Waals surface area contributed by atoms with Crippen molar-refractivity contribution in [3.8, 4) is 0 Å². The molecular weight excluding hydrogens is 216 g/mol. The van der Waals surface area contributed by atoms with Gasteiger partial charge in [0.05, 0.1) is 24.9 Å². The van der Waals surface area contributed by atoms with Crippen molar-refractivity contribution in [2.45, 2.75) is 52.7 Å². The molecule has 1 rings (SSSR count). The van der Waals surface area contributed by atoms with Crippen LogP contribution in [0, 0.1) is 5.92 Å². The number of nitrogens with zero attached hydrogens (tertiary/aromatic N) is 1. The molecule has 0 aromatic heterocycles. The number of carbonyl (C=O) groups is 1. The summed E-state index contributed by atoms with van der Waals surface area (Å²) < 4.78 is 5.64. The molecule has 100 valence electrons. The largest absolute Gasteiger partial charge is 0.374 e. The lowest BCUT2D eigenvalue weighted by Crippen LogP contribution is -2.43. The van der Waals surface area contributed by atoms with Gasteiger partial charge in [-0.15, -0.1) is 0 Å². The first-order valence-corrected chi connectivity index (χ1v) is 6.57. The van der Waals surface area contributed by atoms with E-state index < -0.39 is 0 Å². The molecule has 1 N–H and O–H groups in total. The van der Waals surface area contributed by atoms with E-state index in [4.69, 9.17) is 4.74 Å². The summed E-state index contributed by atoms with van der Waals surface area (Å²) in [5, 5.41) is 3.29. The molecule has 0 radical (unpaired) electrons. The van der Waals surface area contributed by atoms with Crippen LogP contribution in [0.15, 0.2) is 0 Å². The summed E-state index contributed by atoms with van der Waals surface area (Å²) in [6.45, 7) is 12.2. The quantitative estimate of drug-likeness (QED) is 0.769. The van der Waals surface area contributed by atoms with Gasteiger partial charge in [-0.1, -0.05) is 20.3 Å². The second-order valence-electron chi connectivity index (χ2n) is 5.45. The van der Waals surface area contributed by atoms with E-state index in [1.165, 1.54) is 0 Å². The van der Waals surface area contributed by atoms with Crippen molar-refractivity contribution < 1.29 is 9.53 Å². The molecule has 0 aromatic carbocycles. The van der Waals surface area contributed by atoms with Crippen LogP contribution >= 0.6 is 0 Å². The molecule has 0 bridgehead atoms. The second-order valence-corrected chi connectivity index (χ2v) is 5.45. The van der Waals surface area contributed by atoms with E-state index in [0.29, 0.717) is 25.7 Å². The molecule has 1 saturated heterocycles. The number of hydrogen-bond donors (Lipinski definition) is 1. The Labute approximate surface area is 105 Å². The topological polar surface area (TPSA) is 41.6 Å². The predicted molar refractivity (Wildman–Crippen MR) is 68.7 cm³/mol. The Kier molecular flexibility index (Phi) is 4.95. The summed E-state index contributed by atoms with van der Waals surface area (Å²) in [7, 11) is 0. The van der Waals surface area contributed by atoms with Gasteiger partial charge in [0.25, 0.3) is 0 Å². The molecule has 0 saturated carbocycles. The number of carbonyl (C=O) groups excluding carboxylic acids is 1. The summed E-state index contributed by atoms with van der Waals surface area (Å²) in [5.41, 5.74) is -0.267. The Balaban J connectivity index is 2.56. The highest BCUT2D eigenvalue weighted by Crippen LogP contribution is 2.19. The van der Waals surface area contributed by atoms with E-state index >= 15 is 0 Å². The molecule has 4 nitrogen and oxygen atoms in total. The van der Waals surface area contributed by atoms with Gasteiger partial charge in [-0.2, -0.15) is 0 Å². The van der Waals surface area contributed by atoms with Crippen LogP contribution in [-0.4, -0.2) is 42.3 Å². The third-order valence-electron chi connectivity index (χ3n) is 3.40. The summed E-state index contributed by atoms with van der Waals surface area (Å²) in [4.78, 5) is 14.1. The van der Waals surface area contributed by atoms with E-state index in [1.807, 2.05) is 25.7 Å². The van der Waals surface area contributed by atoms with Crippen LogP contribution in [0.2, 0.25) is 0 Å². The molecule has 1 fully saturated rings. The lowest BCUT2D eigenvalue weighted by atomic mass is 9.99. The van der Waals surface area contributed by atoms with Crippen LogP contribution in [0.25, 0.3) is 0 Å². The van der Waals surface area contributed by atoms with E-state index in [-0.39, 0.29) is 17.6 Å². The highest BCUT2D eigenvalue weighted by atomic mass is 16.5. The van der Waals surface area contributed by atoms with Crippen molar-refractivity contribution in [1.29, 1.82) is 0 Å². The fourth-order valence-corrected chi connectivity index (χ4v) is 2.28. The van der Waals surface area contributed by atoms with Gasteiger partial charge in [0.2, 0.25) is 5.91 Å². The van der Waals surface area contributed by atoms with Crippen LogP contribution in [0.3, 0.4) is 0 Å². The number of rotatable bonds is 6. The predicted octanol–water partition coefficient (Wildman–Crippen LogP) is 1.61. The van der Waals surface area contributed by atoms with Gasteiger partial charge in [0, 0.05) is 6.61 Å². The van der Waals surface area contributed by atoms with Gasteiger partial charge < -0.3 is 9.64 Å². The molecule has 1 aliphatic rings. The summed E-state index contributed by atoms with van der Waals surface area (Å²) in [6.07, 6.45) is 1.02. The Hall–Kier alpha value is -0.610. The average Bonchev–Trinajstić information content (AvgIpc) is 2.59. The zero-order chi connectivity index (χ0) is 13.1. The average molecular weight is 242 g/mol. The Morgan fingerprint density at radius 1 is 1.53 bits per heavy atom. The molecule has 0 aromatic rings. The molecule has 4 heteroatoms. The van der Waals surface area contributed by atoms with Gasteiger partial charge in [-0.3, -0.25) is 10.1 Å². The number of amides is 1. The SMILES string of the molecule is CCOC(C)(C)CN1CNC(C(C)CC)C1=O. The molecule has 2 atom stereocenters. The lowest BCUT2D eigenvalue weighted by Gasteiger charge is -2.30. The van der Waals surface area contributed by atoms with Gasteiger partial charge >= 0.3 is 0 Å². The monoisotopic (exact) mass is 242 g/mol. The summed E-state index contributed by atoms with van der Waals surface area (Å²) >= 11 is 0. The van der Waals surface area contributed by atoms with E-state index in [1.54, 1.807) is 0 Å². The van der Waals surface area contributed by atoms with E-state index in [2.05, 4.69) is 19.2 Å². The molecule has 0 aliphatic carbocycles. The van der Waals surface area contributed by atoms with Crippen molar-refractivity contribution in [2.24, 2.45) is 5.92 Å². The standard InChI is InChI=1S/C13H26N2O2/c1-6-10(3)11-12(16)15(9-14-11)8-13(4,5)17-7-2/h10-11,14H,6-9H2,1-5H3. The normalized spacial score (nSPS) is 23.2. The summed E-state index contributed by atoms with van der Waals surface area (Å²) in [6, 6.07) is -0.0163. The maximum atomic E-state index is 12.2. The maximum Gasteiger partial charge on any atom is 0.241 e. The highest BCUT2D eigenvalue weighted by molar-refractivity contribution is 5.84. The molecular formula is C13H26N2O2. The van der Waals surface area contributed by atoms with Gasteiger partial charge in [-0.05, 0) is 26.7 Å². The molecule has 1 aliphatic heterocycles. The third kappa shape index (κ3) is 3.68. The second kappa shape index (κ2) is 5.83. The Morgan fingerprint density at radius 2 is 2.18 bits per heavy atom. The first-order valence-electron chi connectivity index (χ1n) is 6.57. The van der Waals surface area contributed by atoms with Crippen molar-refractivity contribution >= 4 is 5.91 Å². The fraction of sp³-hybridized carbons (Fsp3) is 0.923. The van der Waals surface area contributed by atoms with Crippen LogP contribution in [0.1, 0.15) is 41.0 Å². The lowest BCUT2D eigenvalue weighted by molar-refractivity contribution is -0.133. The Bertz CT molecular complexity index is 266. The first kappa shape index (κ1) is 14.5. The minimum absolute atomic E-state index is 0.0163. The van der Waals surface area contributed by atoms with Crippen molar-refractivity contribution in [3.05, 3.63) is 0 Å². The summed E-state index contributed by atoms with van der Waals surface area (Å²) in [5.74, 6) is 0.606. The van der Waals surface area contributed by atoms with Crippen LogP contribution < -0.4 is 5.32 Å². The number of ether oxygens (including phenoxy) is 1. The van der Waals surface area contributed by atoms with Gasteiger partial charge in [0.1, 0.15) is 0 Å². The van der Waals surface area contributed by atoms with E-state index in [9.17, 15) is 4.79 Å². The zero-order valence-electron chi connectivity index (χ0n) is 11.7. The van der Waals surface area contributed by atoms with Gasteiger partial charge in [-0.25, -0.2) is 0 Å². The molecule has 0 spiro atoms. The van der Waals surface area contributed by atoms with E-state index in [0.717, 1.165) is 6.42 Å². The minimum atomic E-state index is -0.267. The fourth-order valence-electron chi connectivity index (χ4n) is 2.28. The molecule has 2 unspecified atom stereocenters. The third-order valence-corrected chi connectivity index (χ3v) is 3.40. The maximum absolute atomic E-state index is 12.2. The number of hydrogen-bond acceptors (Lipinski definition) is 3. The highest BCUT2D eigenvalue weighted by Gasteiger charge is 2.36. The molecule has 1 heterocycles.